The predicted molar refractivity (Wildman–Crippen MR) is 159 cm³/mol. The Balaban J connectivity index is 1.28. The second kappa shape index (κ2) is 12.5. The number of likely N-dealkylation sites (tertiary alicyclic amines) is 1. The van der Waals surface area contributed by atoms with Crippen molar-refractivity contribution in [3.8, 4) is 0 Å². The molecule has 1 amide bonds. The summed E-state index contributed by atoms with van der Waals surface area (Å²) < 4.78 is 0. The number of piperidine rings is 1. The summed E-state index contributed by atoms with van der Waals surface area (Å²) in [4.78, 5) is 22.7. The third-order valence-electron chi connectivity index (χ3n) is 7.67. The van der Waals surface area contributed by atoms with Crippen molar-refractivity contribution in [2.75, 3.05) is 31.1 Å². The number of allylic oxidation sites excluding steroid dienone is 1. The van der Waals surface area contributed by atoms with Crippen molar-refractivity contribution in [2.45, 2.75) is 45.1 Å². The second-order valence-electron chi connectivity index (χ2n) is 10.2. The monoisotopic (exact) mass is 524 g/mol. The molecular weight excluding hydrogens is 488 g/mol. The Labute approximate surface area is 231 Å². The predicted octanol–water partition coefficient (Wildman–Crippen LogP) is 5.92. The van der Waals surface area contributed by atoms with E-state index in [9.17, 15) is 4.79 Å². The zero-order chi connectivity index (χ0) is 26.3. The van der Waals surface area contributed by atoms with Gasteiger partial charge in [0.05, 0.1) is 0 Å². The van der Waals surface area contributed by atoms with Gasteiger partial charge in [-0.3, -0.25) is 9.78 Å². The Morgan fingerprint density at radius 1 is 1.03 bits per heavy atom. The Bertz CT molecular complexity index is 1280. The van der Waals surface area contributed by atoms with Crippen LogP contribution in [0.4, 0.5) is 5.69 Å². The highest BCUT2D eigenvalue weighted by Gasteiger charge is 2.33. The standard InChI is InChI=1S/C32H36N4OS/c1-2-27-28(21-24-9-5-3-6-10-24)29-22-33-16-15-30(29)36(32(27)38)23-25-11-13-26(14-12-25)31(37)34-17-20-35-18-7-4-8-19-35/h2-3,5-6,9-16,22,28H,4,7-8,17-21,23H2,1H3,(H,34,37). The largest absolute Gasteiger partial charge is 0.351 e. The van der Waals surface area contributed by atoms with Crippen LogP contribution in [-0.4, -0.2) is 47.0 Å². The third kappa shape index (κ3) is 6.03. The van der Waals surface area contributed by atoms with Crippen LogP contribution in [0.1, 0.15) is 59.2 Å². The van der Waals surface area contributed by atoms with E-state index in [2.05, 4.69) is 63.4 Å². The van der Waals surface area contributed by atoms with Crippen molar-refractivity contribution in [3.63, 3.8) is 0 Å². The maximum Gasteiger partial charge on any atom is 0.251 e. The number of thiocarbonyl (C=S) groups is 1. The Hall–Kier alpha value is -3.35. The molecule has 1 atom stereocenters. The summed E-state index contributed by atoms with van der Waals surface area (Å²) in [7, 11) is 0. The summed E-state index contributed by atoms with van der Waals surface area (Å²) in [5.41, 5.74) is 6.55. The van der Waals surface area contributed by atoms with Crippen molar-refractivity contribution in [1.82, 2.24) is 15.2 Å². The molecule has 0 bridgehead atoms. The molecule has 196 valence electrons. The smallest absolute Gasteiger partial charge is 0.251 e. The van der Waals surface area contributed by atoms with Crippen molar-refractivity contribution in [3.05, 3.63) is 107 Å². The lowest BCUT2D eigenvalue weighted by molar-refractivity contribution is 0.0946. The van der Waals surface area contributed by atoms with E-state index in [0.717, 1.165) is 47.9 Å². The van der Waals surface area contributed by atoms with Crippen LogP contribution in [0.25, 0.3) is 0 Å². The number of aromatic nitrogens is 1. The van der Waals surface area contributed by atoms with Crippen molar-refractivity contribution >= 4 is 28.8 Å². The summed E-state index contributed by atoms with van der Waals surface area (Å²) in [6.07, 6.45) is 10.7. The number of fused-ring (bicyclic) bond motifs is 1. The SMILES string of the molecule is CC=C1C(=S)N(Cc2ccc(C(=O)NCCN3CCCCC3)cc2)c2ccncc2C1Cc1ccccc1. The number of hydrogen-bond acceptors (Lipinski definition) is 4. The minimum atomic E-state index is -0.0153. The third-order valence-corrected chi connectivity index (χ3v) is 8.13. The van der Waals surface area contributed by atoms with E-state index < -0.39 is 0 Å². The van der Waals surface area contributed by atoms with Crippen LogP contribution in [0.15, 0.2) is 84.7 Å². The first-order chi connectivity index (χ1) is 18.6. The number of carbonyl (C=O) groups is 1. The normalized spacial score (nSPS) is 18.9. The fourth-order valence-corrected chi connectivity index (χ4v) is 6.03. The van der Waals surface area contributed by atoms with Gasteiger partial charge in [-0.2, -0.15) is 0 Å². The average molecular weight is 525 g/mol. The lowest BCUT2D eigenvalue weighted by atomic mass is 9.82. The molecule has 38 heavy (non-hydrogen) atoms. The first-order valence-electron chi connectivity index (χ1n) is 13.7. The molecule has 2 aliphatic rings. The zero-order valence-electron chi connectivity index (χ0n) is 22.1. The van der Waals surface area contributed by atoms with Crippen LogP contribution in [0.2, 0.25) is 0 Å². The number of amides is 1. The Kier molecular flexibility index (Phi) is 8.61. The number of carbonyl (C=O) groups excluding carboxylic acids is 1. The van der Waals surface area contributed by atoms with E-state index in [-0.39, 0.29) is 11.8 Å². The van der Waals surface area contributed by atoms with Gasteiger partial charge in [-0.15, -0.1) is 0 Å². The molecule has 0 spiro atoms. The molecule has 1 aromatic heterocycles. The number of hydrogen-bond donors (Lipinski definition) is 1. The molecule has 0 saturated carbocycles. The summed E-state index contributed by atoms with van der Waals surface area (Å²) in [6.45, 7) is 6.60. The van der Waals surface area contributed by atoms with Gasteiger partial charge < -0.3 is 15.1 Å². The van der Waals surface area contributed by atoms with Crippen LogP contribution in [-0.2, 0) is 13.0 Å². The van der Waals surface area contributed by atoms with E-state index in [4.69, 9.17) is 12.2 Å². The van der Waals surface area contributed by atoms with Gasteiger partial charge in [0.2, 0.25) is 0 Å². The molecule has 2 aliphatic heterocycles. The highest BCUT2D eigenvalue weighted by Crippen LogP contribution is 2.41. The van der Waals surface area contributed by atoms with E-state index in [1.54, 1.807) is 0 Å². The molecule has 0 radical (unpaired) electrons. The van der Waals surface area contributed by atoms with Crippen LogP contribution >= 0.6 is 12.2 Å². The molecule has 6 heteroatoms. The van der Waals surface area contributed by atoms with Gasteiger partial charge in [-0.05, 0) is 74.2 Å². The molecular formula is C32H36N4OS. The number of nitrogens with one attached hydrogen (secondary N) is 1. The van der Waals surface area contributed by atoms with E-state index in [1.165, 1.54) is 30.4 Å². The summed E-state index contributed by atoms with van der Waals surface area (Å²) >= 11 is 6.05. The molecule has 3 heterocycles. The van der Waals surface area contributed by atoms with Gasteiger partial charge in [0.25, 0.3) is 5.91 Å². The molecule has 0 aliphatic carbocycles. The fraction of sp³-hybridized carbons (Fsp3) is 0.344. The molecule has 1 N–H and O–H groups in total. The molecule has 1 unspecified atom stereocenters. The second-order valence-corrected chi connectivity index (χ2v) is 10.6. The number of rotatable bonds is 8. The Morgan fingerprint density at radius 3 is 2.53 bits per heavy atom. The number of nitrogens with zero attached hydrogens (tertiary/aromatic N) is 3. The molecule has 3 aromatic rings. The van der Waals surface area contributed by atoms with Crippen LogP contribution in [0, 0.1) is 0 Å². The van der Waals surface area contributed by atoms with Crippen molar-refractivity contribution in [1.29, 1.82) is 0 Å². The molecule has 5 rings (SSSR count). The quantitative estimate of drug-likeness (QED) is 0.293. The molecule has 5 nitrogen and oxygen atoms in total. The minimum Gasteiger partial charge on any atom is -0.351 e. The first kappa shape index (κ1) is 26.3. The first-order valence-corrected chi connectivity index (χ1v) is 14.1. The van der Waals surface area contributed by atoms with Gasteiger partial charge in [0.1, 0.15) is 4.99 Å². The lowest BCUT2D eigenvalue weighted by Crippen LogP contribution is -2.38. The summed E-state index contributed by atoms with van der Waals surface area (Å²) in [5.74, 6) is 0.157. The van der Waals surface area contributed by atoms with Gasteiger partial charge in [-0.1, -0.05) is 67.2 Å². The fourth-order valence-electron chi connectivity index (χ4n) is 5.60. The van der Waals surface area contributed by atoms with E-state index in [0.29, 0.717) is 18.7 Å². The van der Waals surface area contributed by atoms with E-state index >= 15 is 0 Å². The van der Waals surface area contributed by atoms with Gasteiger partial charge in [0.15, 0.2) is 0 Å². The van der Waals surface area contributed by atoms with Crippen LogP contribution in [0.5, 0.6) is 0 Å². The number of pyridine rings is 1. The molecule has 2 aromatic carbocycles. The molecule has 1 saturated heterocycles. The summed E-state index contributed by atoms with van der Waals surface area (Å²) in [5, 5.41) is 3.08. The van der Waals surface area contributed by atoms with Gasteiger partial charge in [-0.25, -0.2) is 0 Å². The van der Waals surface area contributed by atoms with Crippen molar-refractivity contribution < 1.29 is 4.79 Å². The molecule has 1 fully saturated rings. The van der Waals surface area contributed by atoms with Crippen LogP contribution in [0.3, 0.4) is 0 Å². The van der Waals surface area contributed by atoms with Crippen molar-refractivity contribution in [2.24, 2.45) is 0 Å². The lowest BCUT2D eigenvalue weighted by Gasteiger charge is -2.38. The van der Waals surface area contributed by atoms with E-state index in [1.807, 2.05) is 42.7 Å². The minimum absolute atomic E-state index is 0.0153. The maximum atomic E-state index is 12.7. The van der Waals surface area contributed by atoms with Gasteiger partial charge in [0, 0.05) is 54.8 Å². The van der Waals surface area contributed by atoms with Crippen LogP contribution < -0.4 is 10.2 Å². The highest BCUT2D eigenvalue weighted by molar-refractivity contribution is 7.81. The Morgan fingerprint density at radius 2 is 1.79 bits per heavy atom. The summed E-state index contributed by atoms with van der Waals surface area (Å²) in [6, 6.07) is 20.5. The highest BCUT2D eigenvalue weighted by atomic mass is 32.1. The zero-order valence-corrected chi connectivity index (χ0v) is 22.9. The topological polar surface area (TPSA) is 48.5 Å². The van der Waals surface area contributed by atoms with Gasteiger partial charge >= 0.3 is 0 Å². The number of anilines is 1. The number of benzene rings is 2. The average Bonchev–Trinajstić information content (AvgIpc) is 2.96. The maximum absolute atomic E-state index is 12.7.